The van der Waals surface area contributed by atoms with Crippen LogP contribution in [0.25, 0.3) is 0 Å². The molecule has 0 aliphatic heterocycles. The Labute approximate surface area is 121 Å². The van der Waals surface area contributed by atoms with E-state index in [0.29, 0.717) is 6.61 Å². The molecule has 0 aromatic heterocycles. The Morgan fingerprint density at radius 2 is 1.80 bits per heavy atom. The van der Waals surface area contributed by atoms with Crippen molar-refractivity contribution in [3.8, 4) is 11.5 Å². The maximum atomic E-state index is 5.72. The van der Waals surface area contributed by atoms with Gasteiger partial charge in [0.15, 0.2) is 0 Å². The third-order valence-electron chi connectivity index (χ3n) is 2.80. The number of allylic oxidation sites excluding steroid dienone is 1. The highest BCUT2D eigenvalue weighted by molar-refractivity contribution is 5.31. The van der Waals surface area contributed by atoms with Crippen molar-refractivity contribution in [2.75, 3.05) is 6.61 Å². The average Bonchev–Trinajstić information content (AvgIpc) is 2.49. The Kier molecular flexibility index (Phi) is 7.58. The van der Waals surface area contributed by atoms with E-state index in [0.717, 1.165) is 30.0 Å². The summed E-state index contributed by atoms with van der Waals surface area (Å²) in [4.78, 5) is 5.13. The van der Waals surface area contributed by atoms with Crippen LogP contribution in [0, 0.1) is 0 Å². The molecule has 20 heavy (non-hydrogen) atoms. The molecule has 0 heterocycles. The predicted molar refractivity (Wildman–Crippen MR) is 80.6 cm³/mol. The fourth-order valence-corrected chi connectivity index (χ4v) is 1.40. The van der Waals surface area contributed by atoms with Gasteiger partial charge in [-0.3, -0.25) is 10.3 Å². The van der Waals surface area contributed by atoms with Crippen LogP contribution in [0.4, 0.5) is 0 Å². The lowest BCUT2D eigenvalue weighted by Gasteiger charge is -2.12. The molecule has 1 atom stereocenters. The minimum Gasteiger partial charge on any atom is -0.491 e. The van der Waals surface area contributed by atoms with Gasteiger partial charge in [-0.15, -0.1) is 0 Å². The van der Waals surface area contributed by atoms with E-state index < -0.39 is 0 Å². The van der Waals surface area contributed by atoms with Crippen molar-refractivity contribution in [1.82, 2.24) is 5.48 Å². The second-order valence-corrected chi connectivity index (χ2v) is 4.46. The van der Waals surface area contributed by atoms with E-state index in [1.54, 1.807) is 6.26 Å². The minimum atomic E-state index is 0.226. The number of benzene rings is 1. The molecule has 1 rings (SSSR count). The summed E-state index contributed by atoms with van der Waals surface area (Å²) in [7, 11) is 0. The van der Waals surface area contributed by atoms with Crippen LogP contribution in [0.3, 0.4) is 0 Å². The van der Waals surface area contributed by atoms with Crippen molar-refractivity contribution in [2.24, 2.45) is 0 Å². The Balaban J connectivity index is 2.53. The molecule has 0 saturated heterocycles. The lowest BCUT2D eigenvalue weighted by Crippen LogP contribution is -2.14. The van der Waals surface area contributed by atoms with Crippen LogP contribution in [0.2, 0.25) is 0 Å². The first kappa shape index (κ1) is 16.4. The van der Waals surface area contributed by atoms with E-state index in [-0.39, 0.29) is 6.10 Å². The van der Waals surface area contributed by atoms with Gasteiger partial charge in [0, 0.05) is 0 Å². The standard InChI is InChI=1S/C16H25NO3/c1-5-13(4)20-16-10-8-15(9-11-16)18-12-14(6-2)17-19-7-3/h8-13,17H,5-7H2,1-4H3. The molecule has 1 N–H and O–H groups in total. The highest BCUT2D eigenvalue weighted by Gasteiger charge is 2.01. The van der Waals surface area contributed by atoms with Crippen LogP contribution in [-0.4, -0.2) is 12.7 Å². The number of nitrogens with one attached hydrogen (secondary N) is 1. The predicted octanol–water partition coefficient (Wildman–Crippen LogP) is 4.04. The van der Waals surface area contributed by atoms with Crippen LogP contribution in [0.1, 0.15) is 40.5 Å². The van der Waals surface area contributed by atoms with Crippen LogP contribution >= 0.6 is 0 Å². The van der Waals surface area contributed by atoms with Crippen LogP contribution in [0.15, 0.2) is 36.2 Å². The van der Waals surface area contributed by atoms with E-state index >= 15 is 0 Å². The quantitative estimate of drug-likeness (QED) is 0.547. The molecule has 0 aliphatic rings. The lowest BCUT2D eigenvalue weighted by molar-refractivity contribution is 0.0698. The van der Waals surface area contributed by atoms with E-state index in [4.69, 9.17) is 14.3 Å². The molecular weight excluding hydrogens is 254 g/mol. The molecular formula is C16H25NO3. The molecule has 0 saturated carbocycles. The van der Waals surface area contributed by atoms with Gasteiger partial charge in [-0.2, -0.15) is 0 Å². The summed E-state index contributed by atoms with van der Waals surface area (Å²) in [5.41, 5.74) is 3.74. The topological polar surface area (TPSA) is 39.7 Å². The van der Waals surface area contributed by atoms with Crippen LogP contribution in [-0.2, 0) is 4.84 Å². The van der Waals surface area contributed by atoms with Crippen molar-refractivity contribution < 1.29 is 14.3 Å². The average molecular weight is 279 g/mol. The molecule has 4 heteroatoms. The summed E-state index contributed by atoms with van der Waals surface area (Å²) >= 11 is 0. The summed E-state index contributed by atoms with van der Waals surface area (Å²) in [5.74, 6) is 1.63. The van der Waals surface area contributed by atoms with Gasteiger partial charge >= 0.3 is 0 Å². The van der Waals surface area contributed by atoms with E-state index in [9.17, 15) is 0 Å². The SMILES string of the molecule is CCONC(=COc1ccc(OC(C)CC)cc1)CC. The summed E-state index contributed by atoms with van der Waals surface area (Å²) in [6.07, 6.45) is 3.70. The summed E-state index contributed by atoms with van der Waals surface area (Å²) in [6.45, 7) is 8.73. The van der Waals surface area contributed by atoms with E-state index in [2.05, 4.69) is 19.3 Å². The molecule has 0 fully saturated rings. The third kappa shape index (κ3) is 5.97. The van der Waals surface area contributed by atoms with Gasteiger partial charge in [0.25, 0.3) is 0 Å². The van der Waals surface area contributed by atoms with E-state index in [1.165, 1.54) is 0 Å². The van der Waals surface area contributed by atoms with Crippen molar-refractivity contribution in [1.29, 1.82) is 0 Å². The minimum absolute atomic E-state index is 0.226. The largest absolute Gasteiger partial charge is 0.491 e. The van der Waals surface area contributed by atoms with Crippen molar-refractivity contribution in [3.63, 3.8) is 0 Å². The first-order valence-electron chi connectivity index (χ1n) is 7.19. The molecule has 1 aromatic rings. The Hall–Kier alpha value is -1.68. The second kappa shape index (κ2) is 9.26. The van der Waals surface area contributed by atoms with Crippen LogP contribution in [0.5, 0.6) is 11.5 Å². The maximum Gasteiger partial charge on any atom is 0.126 e. The zero-order chi connectivity index (χ0) is 14.8. The second-order valence-electron chi connectivity index (χ2n) is 4.46. The molecule has 0 aliphatic carbocycles. The monoisotopic (exact) mass is 279 g/mol. The van der Waals surface area contributed by atoms with Gasteiger partial charge < -0.3 is 9.47 Å². The first-order valence-corrected chi connectivity index (χ1v) is 7.19. The van der Waals surface area contributed by atoms with Gasteiger partial charge in [-0.25, -0.2) is 0 Å². The fourth-order valence-electron chi connectivity index (χ4n) is 1.40. The van der Waals surface area contributed by atoms with Crippen molar-refractivity contribution >= 4 is 0 Å². The zero-order valence-corrected chi connectivity index (χ0v) is 12.8. The van der Waals surface area contributed by atoms with E-state index in [1.807, 2.05) is 38.1 Å². The number of hydrogen-bond donors (Lipinski definition) is 1. The number of hydrogen-bond acceptors (Lipinski definition) is 4. The number of rotatable bonds is 9. The zero-order valence-electron chi connectivity index (χ0n) is 12.8. The maximum absolute atomic E-state index is 5.72. The lowest BCUT2D eigenvalue weighted by atomic mass is 10.3. The number of hydroxylamine groups is 1. The highest BCUT2D eigenvalue weighted by atomic mass is 16.6. The molecule has 4 nitrogen and oxygen atoms in total. The molecule has 0 amide bonds. The smallest absolute Gasteiger partial charge is 0.126 e. The Morgan fingerprint density at radius 1 is 1.15 bits per heavy atom. The van der Waals surface area contributed by atoms with Gasteiger partial charge in [0.05, 0.1) is 18.4 Å². The van der Waals surface area contributed by atoms with Gasteiger partial charge in [0.2, 0.25) is 0 Å². The summed E-state index contributed by atoms with van der Waals surface area (Å²) in [5, 5.41) is 0. The molecule has 0 radical (unpaired) electrons. The van der Waals surface area contributed by atoms with Gasteiger partial charge in [0.1, 0.15) is 17.8 Å². The molecule has 1 unspecified atom stereocenters. The molecule has 0 spiro atoms. The molecule has 0 bridgehead atoms. The number of ether oxygens (including phenoxy) is 2. The molecule has 1 aromatic carbocycles. The first-order chi connectivity index (χ1) is 9.69. The van der Waals surface area contributed by atoms with Crippen molar-refractivity contribution in [2.45, 2.75) is 46.6 Å². The summed E-state index contributed by atoms with van der Waals surface area (Å²) in [6, 6.07) is 7.61. The fraction of sp³-hybridized carbons (Fsp3) is 0.500. The van der Waals surface area contributed by atoms with Crippen molar-refractivity contribution in [3.05, 3.63) is 36.2 Å². The van der Waals surface area contributed by atoms with Gasteiger partial charge in [-0.1, -0.05) is 13.8 Å². The van der Waals surface area contributed by atoms with Gasteiger partial charge in [-0.05, 0) is 51.0 Å². The van der Waals surface area contributed by atoms with Crippen LogP contribution < -0.4 is 15.0 Å². The normalized spacial score (nSPS) is 12.9. The Bertz CT molecular complexity index is 401. The summed E-state index contributed by atoms with van der Waals surface area (Å²) < 4.78 is 11.3. The highest BCUT2D eigenvalue weighted by Crippen LogP contribution is 2.19. The third-order valence-corrected chi connectivity index (χ3v) is 2.80. The Morgan fingerprint density at radius 3 is 2.35 bits per heavy atom. The molecule has 112 valence electrons.